The molecule has 0 saturated carbocycles. The van der Waals surface area contributed by atoms with Crippen molar-refractivity contribution in [2.24, 2.45) is 17.8 Å². The Bertz CT molecular complexity index is 191. The van der Waals surface area contributed by atoms with E-state index in [0.29, 0.717) is 17.8 Å². The van der Waals surface area contributed by atoms with Gasteiger partial charge in [0.1, 0.15) is 0 Å². The van der Waals surface area contributed by atoms with Crippen LogP contribution < -0.4 is 6.15 Å². The zero-order valence-electron chi connectivity index (χ0n) is 10.6. The fraction of sp³-hybridized carbons (Fsp3) is 0.692. The molecule has 0 aromatic rings. The summed E-state index contributed by atoms with van der Waals surface area (Å²) in [6.45, 7) is 19.2. The minimum absolute atomic E-state index is 0. The largest absolute Gasteiger partial charge is 0.344 e. The minimum atomic E-state index is 0. The SMILES string of the molecule is C=C(C)[C@H](C)CC(=C)[C@@H](C)C(C)C.N. The zero-order valence-corrected chi connectivity index (χ0v) is 10.6. The van der Waals surface area contributed by atoms with Crippen molar-refractivity contribution in [3.8, 4) is 0 Å². The average Bonchev–Trinajstić information content (AvgIpc) is 2.02. The first-order valence-corrected chi connectivity index (χ1v) is 5.19. The van der Waals surface area contributed by atoms with Gasteiger partial charge < -0.3 is 6.15 Å². The molecule has 0 radical (unpaired) electrons. The number of hydrogen-bond donors (Lipinski definition) is 1. The summed E-state index contributed by atoms with van der Waals surface area (Å²) >= 11 is 0. The predicted molar refractivity (Wildman–Crippen MR) is 66.8 cm³/mol. The van der Waals surface area contributed by atoms with Crippen LogP contribution in [-0.4, -0.2) is 0 Å². The van der Waals surface area contributed by atoms with Crippen molar-refractivity contribution in [2.75, 3.05) is 0 Å². The van der Waals surface area contributed by atoms with E-state index >= 15 is 0 Å². The molecule has 2 atom stereocenters. The van der Waals surface area contributed by atoms with Gasteiger partial charge in [-0.25, -0.2) is 0 Å². The molecular weight excluding hydrogens is 170 g/mol. The van der Waals surface area contributed by atoms with Crippen LogP contribution in [0, 0.1) is 17.8 Å². The van der Waals surface area contributed by atoms with Crippen molar-refractivity contribution in [1.29, 1.82) is 0 Å². The fourth-order valence-electron chi connectivity index (χ4n) is 1.22. The number of hydrogen-bond acceptors (Lipinski definition) is 1. The van der Waals surface area contributed by atoms with Gasteiger partial charge in [-0.1, -0.05) is 52.0 Å². The Hall–Kier alpha value is -0.560. The molecule has 0 aliphatic heterocycles. The summed E-state index contributed by atoms with van der Waals surface area (Å²) in [4.78, 5) is 0. The van der Waals surface area contributed by atoms with Crippen LogP contribution in [0.2, 0.25) is 0 Å². The summed E-state index contributed by atoms with van der Waals surface area (Å²) in [7, 11) is 0. The van der Waals surface area contributed by atoms with E-state index in [9.17, 15) is 0 Å². The third-order valence-corrected chi connectivity index (χ3v) is 3.05. The Morgan fingerprint density at radius 3 is 1.79 bits per heavy atom. The topological polar surface area (TPSA) is 35.0 Å². The van der Waals surface area contributed by atoms with Crippen LogP contribution in [0.5, 0.6) is 0 Å². The first-order valence-electron chi connectivity index (χ1n) is 5.19. The average molecular weight is 197 g/mol. The fourth-order valence-corrected chi connectivity index (χ4v) is 1.22. The third-order valence-electron chi connectivity index (χ3n) is 3.05. The van der Waals surface area contributed by atoms with E-state index in [1.165, 1.54) is 11.1 Å². The molecule has 0 aromatic carbocycles. The molecule has 0 heterocycles. The van der Waals surface area contributed by atoms with Crippen LogP contribution in [0.25, 0.3) is 0 Å². The van der Waals surface area contributed by atoms with E-state index in [2.05, 4.69) is 47.8 Å². The molecule has 0 unspecified atom stereocenters. The lowest BCUT2D eigenvalue weighted by Gasteiger charge is -2.21. The Balaban J connectivity index is 0. The second-order valence-corrected chi connectivity index (χ2v) is 4.64. The second kappa shape index (κ2) is 6.83. The highest BCUT2D eigenvalue weighted by Gasteiger charge is 2.13. The van der Waals surface area contributed by atoms with Gasteiger partial charge in [-0.15, -0.1) is 0 Å². The maximum absolute atomic E-state index is 4.16. The maximum Gasteiger partial charge on any atom is -0.0200 e. The molecule has 0 bridgehead atoms. The van der Waals surface area contributed by atoms with Gasteiger partial charge in [0, 0.05) is 0 Å². The van der Waals surface area contributed by atoms with E-state index < -0.39 is 0 Å². The van der Waals surface area contributed by atoms with E-state index in [4.69, 9.17) is 0 Å². The molecule has 0 rings (SSSR count). The van der Waals surface area contributed by atoms with Gasteiger partial charge in [0.05, 0.1) is 0 Å². The molecule has 0 aliphatic carbocycles. The van der Waals surface area contributed by atoms with Crippen LogP contribution in [0.4, 0.5) is 0 Å². The minimum Gasteiger partial charge on any atom is -0.344 e. The molecule has 1 heteroatoms. The highest BCUT2D eigenvalue weighted by molar-refractivity contribution is 5.07. The quantitative estimate of drug-likeness (QED) is 0.642. The van der Waals surface area contributed by atoms with Crippen molar-refractivity contribution >= 4 is 0 Å². The van der Waals surface area contributed by atoms with Crippen LogP contribution in [0.15, 0.2) is 24.3 Å². The Labute approximate surface area is 89.9 Å². The zero-order chi connectivity index (χ0) is 10.6. The van der Waals surface area contributed by atoms with Gasteiger partial charge in [0.25, 0.3) is 0 Å². The maximum atomic E-state index is 4.16. The van der Waals surface area contributed by atoms with E-state index in [1.54, 1.807) is 0 Å². The molecule has 0 aliphatic rings. The van der Waals surface area contributed by atoms with Gasteiger partial charge in [0.2, 0.25) is 0 Å². The summed E-state index contributed by atoms with van der Waals surface area (Å²) in [6, 6.07) is 0. The smallest absolute Gasteiger partial charge is 0.0200 e. The lowest BCUT2D eigenvalue weighted by Crippen LogP contribution is -2.09. The van der Waals surface area contributed by atoms with Crippen LogP contribution in [0.3, 0.4) is 0 Å². The molecular formula is C13H27N. The van der Waals surface area contributed by atoms with Crippen LogP contribution in [0.1, 0.15) is 41.0 Å². The van der Waals surface area contributed by atoms with Gasteiger partial charge in [0.15, 0.2) is 0 Å². The van der Waals surface area contributed by atoms with Gasteiger partial charge in [-0.2, -0.15) is 0 Å². The van der Waals surface area contributed by atoms with Gasteiger partial charge in [-0.3, -0.25) is 0 Å². The first kappa shape index (κ1) is 15.9. The molecule has 1 nitrogen and oxygen atoms in total. The summed E-state index contributed by atoms with van der Waals surface area (Å²) in [5, 5.41) is 0. The predicted octanol–water partition coefficient (Wildman–Crippen LogP) is 4.60. The van der Waals surface area contributed by atoms with E-state index in [1.807, 2.05) is 0 Å². The first-order chi connectivity index (χ1) is 5.86. The van der Waals surface area contributed by atoms with Crippen molar-refractivity contribution in [3.05, 3.63) is 24.3 Å². The van der Waals surface area contributed by atoms with Crippen LogP contribution in [-0.2, 0) is 0 Å². The monoisotopic (exact) mass is 197 g/mol. The number of allylic oxidation sites excluding steroid dienone is 2. The third kappa shape index (κ3) is 5.23. The van der Waals surface area contributed by atoms with E-state index in [0.717, 1.165) is 6.42 Å². The summed E-state index contributed by atoms with van der Waals surface area (Å²) in [5.74, 6) is 1.90. The number of rotatable bonds is 5. The Morgan fingerprint density at radius 2 is 1.50 bits per heavy atom. The normalized spacial score (nSPS) is 14.4. The molecule has 0 fully saturated rings. The molecule has 14 heavy (non-hydrogen) atoms. The summed E-state index contributed by atoms with van der Waals surface area (Å²) in [6.07, 6.45) is 1.09. The lowest BCUT2D eigenvalue weighted by molar-refractivity contribution is 0.454. The van der Waals surface area contributed by atoms with Crippen molar-refractivity contribution in [1.82, 2.24) is 6.15 Å². The van der Waals surface area contributed by atoms with E-state index in [-0.39, 0.29) is 6.15 Å². The van der Waals surface area contributed by atoms with Crippen molar-refractivity contribution in [2.45, 2.75) is 41.0 Å². The summed E-state index contributed by atoms with van der Waals surface area (Å²) in [5.41, 5.74) is 2.63. The molecule has 0 saturated heterocycles. The van der Waals surface area contributed by atoms with Crippen molar-refractivity contribution in [3.63, 3.8) is 0 Å². The standard InChI is InChI=1S/C13H24.H3N/c1-9(2)11(5)8-12(6)13(7)10(3)4;/h10-11,13H,1,6,8H2,2-5,7H3;1H3/t11-,13+;/m1./s1. The molecule has 0 spiro atoms. The van der Waals surface area contributed by atoms with Crippen LogP contribution >= 0.6 is 0 Å². The molecule has 84 valence electrons. The Morgan fingerprint density at radius 1 is 1.07 bits per heavy atom. The molecule has 3 N–H and O–H groups in total. The second-order valence-electron chi connectivity index (χ2n) is 4.64. The lowest BCUT2D eigenvalue weighted by atomic mass is 9.84. The Kier molecular flexibility index (Phi) is 7.75. The molecule has 0 aromatic heterocycles. The van der Waals surface area contributed by atoms with Crippen molar-refractivity contribution < 1.29 is 0 Å². The van der Waals surface area contributed by atoms with Gasteiger partial charge >= 0.3 is 0 Å². The van der Waals surface area contributed by atoms with Gasteiger partial charge in [-0.05, 0) is 31.1 Å². The highest BCUT2D eigenvalue weighted by Crippen LogP contribution is 2.26. The summed E-state index contributed by atoms with van der Waals surface area (Å²) < 4.78 is 0. The molecule has 0 amide bonds. The highest BCUT2D eigenvalue weighted by atomic mass is 14.2.